The molecule has 0 radical (unpaired) electrons. The number of oxime groups is 1. The predicted octanol–water partition coefficient (Wildman–Crippen LogP) is 2.65. The molecule has 0 unspecified atom stereocenters. The van der Waals surface area contributed by atoms with Gasteiger partial charge in [0.1, 0.15) is 7.11 Å². The molecular formula is C10H10BrNO2. The van der Waals surface area contributed by atoms with Crippen molar-refractivity contribution in [1.29, 1.82) is 0 Å². The molecule has 4 heteroatoms. The minimum absolute atomic E-state index is 0.0262. The smallest absolute Gasteiger partial charge is 0.168 e. The Balaban J connectivity index is 2.61. The summed E-state index contributed by atoms with van der Waals surface area (Å²) in [5.41, 5.74) is 0.677. The van der Waals surface area contributed by atoms with E-state index in [4.69, 9.17) is 0 Å². The van der Waals surface area contributed by atoms with Crippen LogP contribution in [0.25, 0.3) is 0 Å². The van der Waals surface area contributed by atoms with Crippen molar-refractivity contribution in [2.75, 3.05) is 7.11 Å². The lowest BCUT2D eigenvalue weighted by atomic mass is 10.1. The number of hydrogen-bond donors (Lipinski definition) is 0. The van der Waals surface area contributed by atoms with Gasteiger partial charge in [-0.2, -0.15) is 0 Å². The third kappa shape index (κ3) is 3.30. The summed E-state index contributed by atoms with van der Waals surface area (Å²) < 4.78 is 0.958. The molecule has 3 nitrogen and oxygen atoms in total. The van der Waals surface area contributed by atoms with Crippen molar-refractivity contribution in [3.05, 3.63) is 34.3 Å². The van der Waals surface area contributed by atoms with Gasteiger partial charge in [0.15, 0.2) is 5.78 Å². The lowest BCUT2D eigenvalue weighted by Gasteiger charge is -1.96. The number of ketones is 1. The Morgan fingerprint density at radius 2 is 2.14 bits per heavy atom. The van der Waals surface area contributed by atoms with Crippen LogP contribution in [0.4, 0.5) is 0 Å². The highest BCUT2D eigenvalue weighted by Crippen LogP contribution is 2.11. The Kier molecular flexibility index (Phi) is 4.32. The number of rotatable bonds is 4. The zero-order valence-electron chi connectivity index (χ0n) is 7.74. The van der Waals surface area contributed by atoms with E-state index in [1.54, 1.807) is 12.1 Å². The number of nitrogens with zero attached hydrogens (tertiary/aromatic N) is 1. The summed E-state index contributed by atoms with van der Waals surface area (Å²) in [6.07, 6.45) is 1.71. The molecule has 0 N–H and O–H groups in total. The van der Waals surface area contributed by atoms with E-state index in [-0.39, 0.29) is 12.2 Å². The van der Waals surface area contributed by atoms with Crippen molar-refractivity contribution in [2.24, 2.45) is 5.16 Å². The highest BCUT2D eigenvalue weighted by molar-refractivity contribution is 9.10. The Hall–Kier alpha value is -1.16. The molecule has 0 bridgehead atoms. The van der Waals surface area contributed by atoms with Crippen LogP contribution in [0, 0.1) is 0 Å². The van der Waals surface area contributed by atoms with Gasteiger partial charge in [-0.15, -0.1) is 0 Å². The van der Waals surface area contributed by atoms with Crippen LogP contribution >= 0.6 is 15.9 Å². The fourth-order valence-electron chi connectivity index (χ4n) is 0.948. The maximum atomic E-state index is 11.5. The zero-order chi connectivity index (χ0) is 10.4. The van der Waals surface area contributed by atoms with Crippen LogP contribution in [0.2, 0.25) is 0 Å². The maximum Gasteiger partial charge on any atom is 0.168 e. The van der Waals surface area contributed by atoms with Crippen LogP contribution in [0.3, 0.4) is 0 Å². The van der Waals surface area contributed by atoms with Gasteiger partial charge < -0.3 is 4.84 Å². The Bertz CT molecular complexity index is 332. The molecule has 14 heavy (non-hydrogen) atoms. The number of halogens is 1. The van der Waals surface area contributed by atoms with Crippen LogP contribution in [0.5, 0.6) is 0 Å². The van der Waals surface area contributed by atoms with Crippen LogP contribution < -0.4 is 0 Å². The topological polar surface area (TPSA) is 38.7 Å². The van der Waals surface area contributed by atoms with E-state index in [0.29, 0.717) is 5.56 Å². The van der Waals surface area contributed by atoms with Gasteiger partial charge >= 0.3 is 0 Å². The number of carbonyl (C=O) groups excluding carboxylic acids is 1. The molecule has 0 saturated carbocycles. The normalized spacial score (nSPS) is 10.4. The zero-order valence-corrected chi connectivity index (χ0v) is 9.32. The summed E-state index contributed by atoms with van der Waals surface area (Å²) in [4.78, 5) is 15.9. The van der Waals surface area contributed by atoms with E-state index in [9.17, 15) is 4.79 Å². The standard InChI is InChI=1S/C10H10BrNO2/c1-14-12-7-6-10(13)8-2-4-9(11)5-3-8/h2-5,7H,6H2,1H3/b12-7-. The SMILES string of the molecule is CO/N=C\CC(=O)c1ccc(Br)cc1. The van der Waals surface area contributed by atoms with Crippen molar-refractivity contribution in [3.8, 4) is 0 Å². The van der Waals surface area contributed by atoms with Crippen molar-refractivity contribution in [3.63, 3.8) is 0 Å². The lowest BCUT2D eigenvalue weighted by molar-refractivity contribution is 0.1000. The van der Waals surface area contributed by atoms with Crippen LogP contribution in [-0.4, -0.2) is 19.1 Å². The number of hydrogen-bond acceptors (Lipinski definition) is 3. The largest absolute Gasteiger partial charge is 0.399 e. The summed E-state index contributed by atoms with van der Waals surface area (Å²) in [6.45, 7) is 0. The molecule has 0 amide bonds. The number of benzene rings is 1. The van der Waals surface area contributed by atoms with E-state index >= 15 is 0 Å². The average molecular weight is 256 g/mol. The van der Waals surface area contributed by atoms with E-state index < -0.39 is 0 Å². The van der Waals surface area contributed by atoms with Crippen LogP contribution in [0.15, 0.2) is 33.9 Å². The van der Waals surface area contributed by atoms with E-state index in [1.807, 2.05) is 12.1 Å². The van der Waals surface area contributed by atoms with E-state index in [2.05, 4.69) is 25.9 Å². The van der Waals surface area contributed by atoms with Gasteiger partial charge in [-0.05, 0) is 12.1 Å². The molecule has 0 spiro atoms. The molecule has 0 saturated heterocycles. The Morgan fingerprint density at radius 3 is 2.71 bits per heavy atom. The third-order valence-corrected chi connectivity index (χ3v) is 2.15. The van der Waals surface area contributed by atoms with Crippen LogP contribution in [-0.2, 0) is 4.84 Å². The molecular weight excluding hydrogens is 246 g/mol. The second kappa shape index (κ2) is 5.54. The first-order chi connectivity index (χ1) is 6.74. The third-order valence-electron chi connectivity index (χ3n) is 1.62. The van der Waals surface area contributed by atoms with E-state index in [0.717, 1.165) is 4.47 Å². The maximum absolute atomic E-state index is 11.5. The summed E-state index contributed by atoms with van der Waals surface area (Å²) in [5.74, 6) is 0.0262. The predicted molar refractivity (Wildman–Crippen MR) is 58.6 cm³/mol. The molecule has 0 atom stereocenters. The Labute approximate surface area is 90.9 Å². The molecule has 0 fully saturated rings. The van der Waals surface area contributed by atoms with Gasteiger partial charge in [0, 0.05) is 16.5 Å². The molecule has 1 aromatic rings. The summed E-state index contributed by atoms with van der Waals surface area (Å²) in [6, 6.07) is 7.21. The Morgan fingerprint density at radius 1 is 1.50 bits per heavy atom. The monoisotopic (exact) mass is 255 g/mol. The van der Waals surface area contributed by atoms with Gasteiger partial charge in [-0.3, -0.25) is 4.79 Å². The van der Waals surface area contributed by atoms with Crippen molar-refractivity contribution in [1.82, 2.24) is 0 Å². The molecule has 0 aliphatic rings. The lowest BCUT2D eigenvalue weighted by Crippen LogP contribution is -1.99. The first kappa shape index (κ1) is 10.9. The van der Waals surface area contributed by atoms with Crippen LogP contribution in [0.1, 0.15) is 16.8 Å². The van der Waals surface area contributed by atoms with Gasteiger partial charge in [0.05, 0.1) is 6.21 Å². The van der Waals surface area contributed by atoms with Crippen molar-refractivity contribution >= 4 is 27.9 Å². The summed E-state index contributed by atoms with van der Waals surface area (Å²) in [7, 11) is 1.45. The second-order valence-corrected chi connectivity index (χ2v) is 3.52. The van der Waals surface area contributed by atoms with Gasteiger partial charge in [0.25, 0.3) is 0 Å². The minimum atomic E-state index is 0.0262. The highest BCUT2D eigenvalue weighted by Gasteiger charge is 2.02. The van der Waals surface area contributed by atoms with Gasteiger partial charge in [0.2, 0.25) is 0 Å². The first-order valence-electron chi connectivity index (χ1n) is 4.08. The molecule has 74 valence electrons. The van der Waals surface area contributed by atoms with Crippen molar-refractivity contribution < 1.29 is 9.63 Å². The molecule has 0 heterocycles. The molecule has 1 rings (SSSR count). The fourth-order valence-corrected chi connectivity index (χ4v) is 1.21. The molecule has 0 aliphatic carbocycles. The van der Waals surface area contributed by atoms with Gasteiger partial charge in [-0.1, -0.05) is 33.2 Å². The fraction of sp³-hybridized carbons (Fsp3) is 0.200. The quantitative estimate of drug-likeness (QED) is 0.472. The highest BCUT2D eigenvalue weighted by atomic mass is 79.9. The molecule has 1 aromatic carbocycles. The summed E-state index contributed by atoms with van der Waals surface area (Å²) >= 11 is 3.30. The van der Waals surface area contributed by atoms with E-state index in [1.165, 1.54) is 13.3 Å². The molecule has 0 aliphatic heterocycles. The minimum Gasteiger partial charge on any atom is -0.399 e. The second-order valence-electron chi connectivity index (χ2n) is 2.60. The molecule has 0 aromatic heterocycles. The van der Waals surface area contributed by atoms with Gasteiger partial charge in [-0.25, -0.2) is 0 Å². The van der Waals surface area contributed by atoms with Crippen molar-refractivity contribution in [2.45, 2.75) is 6.42 Å². The number of carbonyl (C=O) groups is 1. The first-order valence-corrected chi connectivity index (χ1v) is 4.87. The number of Topliss-reactive ketones (excluding diaryl/α,β-unsaturated/α-hetero) is 1. The summed E-state index contributed by atoms with van der Waals surface area (Å²) in [5, 5.41) is 3.50. The average Bonchev–Trinajstić information content (AvgIpc) is 2.19.